The van der Waals surface area contributed by atoms with Crippen molar-refractivity contribution in [3.05, 3.63) is 60.0 Å². The third-order valence-corrected chi connectivity index (χ3v) is 2.99. The lowest BCUT2D eigenvalue weighted by molar-refractivity contribution is 0.483. The molecular weight excluding hydrogens is 244 g/mol. The molecule has 1 aromatic heterocycles. The summed E-state index contributed by atoms with van der Waals surface area (Å²) in [5, 5.41) is 5.95. The van der Waals surface area contributed by atoms with Gasteiger partial charge in [0.05, 0.1) is 0 Å². The summed E-state index contributed by atoms with van der Waals surface area (Å²) in [5.74, 6) is 1.65. The Morgan fingerprint density at radius 3 is 2.22 bits per heavy atom. The molecule has 0 aliphatic rings. The van der Waals surface area contributed by atoms with Crippen LogP contribution in [0.2, 0.25) is 0 Å². The number of nitrogens with zero attached hydrogens (tertiary/aromatic N) is 2. The van der Waals surface area contributed by atoms with Crippen LogP contribution in [0.5, 0.6) is 11.5 Å². The zero-order valence-corrected chi connectivity index (χ0v) is 10.3. The van der Waals surface area contributed by atoms with E-state index in [0.29, 0.717) is 0 Å². The molecule has 0 radical (unpaired) electrons. The van der Waals surface area contributed by atoms with Gasteiger partial charge in [0.25, 0.3) is 0 Å². The van der Waals surface area contributed by atoms with E-state index in [9.17, 15) is 0 Å². The summed E-state index contributed by atoms with van der Waals surface area (Å²) in [6.45, 7) is 0. The monoisotopic (exact) mass is 254 g/mol. The van der Waals surface area contributed by atoms with Crippen LogP contribution in [0.4, 0.5) is 0 Å². The molecule has 0 bridgehead atoms. The van der Waals surface area contributed by atoms with Crippen LogP contribution >= 0.6 is 11.5 Å². The normalized spacial score (nSPS) is 10.2. The molecule has 0 fully saturated rings. The van der Waals surface area contributed by atoms with Crippen LogP contribution in [0.25, 0.3) is 11.3 Å². The standard InChI is InChI=1S/C14H10N2OS/c1-2-4-12(5-3-1)17-13-8-6-11(7-9-13)14-10-18-16-15-14/h1-10H. The minimum absolute atomic E-state index is 0.813. The Morgan fingerprint density at radius 2 is 1.56 bits per heavy atom. The maximum atomic E-state index is 5.72. The number of aromatic nitrogens is 2. The van der Waals surface area contributed by atoms with Crippen LogP contribution < -0.4 is 4.74 Å². The molecule has 4 heteroatoms. The fourth-order valence-electron chi connectivity index (χ4n) is 1.61. The van der Waals surface area contributed by atoms with Crippen molar-refractivity contribution in [3.63, 3.8) is 0 Å². The van der Waals surface area contributed by atoms with Crippen LogP contribution in [0.3, 0.4) is 0 Å². The van der Waals surface area contributed by atoms with Crippen molar-refractivity contribution in [3.8, 4) is 22.8 Å². The van der Waals surface area contributed by atoms with Gasteiger partial charge in [-0.2, -0.15) is 0 Å². The molecule has 0 saturated heterocycles. The van der Waals surface area contributed by atoms with Gasteiger partial charge in [0, 0.05) is 10.9 Å². The molecule has 0 unspecified atom stereocenters. The van der Waals surface area contributed by atoms with Gasteiger partial charge in [0.1, 0.15) is 17.2 Å². The zero-order chi connectivity index (χ0) is 12.2. The van der Waals surface area contributed by atoms with Gasteiger partial charge in [-0.15, -0.1) is 5.10 Å². The SMILES string of the molecule is c1ccc(Oc2ccc(-c3csnn3)cc2)cc1. The summed E-state index contributed by atoms with van der Waals surface area (Å²) in [6, 6.07) is 17.5. The molecular formula is C14H10N2OS. The van der Waals surface area contributed by atoms with Gasteiger partial charge in [-0.3, -0.25) is 0 Å². The predicted octanol–water partition coefficient (Wildman–Crippen LogP) is 4.00. The number of hydrogen-bond donors (Lipinski definition) is 0. The first-order valence-corrected chi connectivity index (χ1v) is 6.36. The first-order chi connectivity index (χ1) is 8.92. The van der Waals surface area contributed by atoms with Gasteiger partial charge in [0.15, 0.2) is 0 Å². The van der Waals surface area contributed by atoms with Crippen LogP contribution in [0.15, 0.2) is 60.0 Å². The van der Waals surface area contributed by atoms with E-state index in [4.69, 9.17) is 4.74 Å². The fraction of sp³-hybridized carbons (Fsp3) is 0. The van der Waals surface area contributed by atoms with Crippen molar-refractivity contribution in [1.82, 2.24) is 9.59 Å². The quantitative estimate of drug-likeness (QED) is 0.708. The Kier molecular flexibility index (Phi) is 3.02. The molecule has 88 valence electrons. The maximum absolute atomic E-state index is 5.72. The van der Waals surface area contributed by atoms with Crippen LogP contribution in [-0.2, 0) is 0 Å². The van der Waals surface area contributed by atoms with Crippen molar-refractivity contribution in [2.45, 2.75) is 0 Å². The molecule has 1 heterocycles. The lowest BCUT2D eigenvalue weighted by Crippen LogP contribution is -1.84. The predicted molar refractivity (Wildman–Crippen MR) is 71.9 cm³/mol. The topological polar surface area (TPSA) is 35.0 Å². The van der Waals surface area contributed by atoms with E-state index in [-0.39, 0.29) is 0 Å². The van der Waals surface area contributed by atoms with Crippen molar-refractivity contribution in [2.24, 2.45) is 0 Å². The molecule has 0 aliphatic heterocycles. The van der Waals surface area contributed by atoms with E-state index in [0.717, 1.165) is 22.8 Å². The van der Waals surface area contributed by atoms with Gasteiger partial charge in [-0.05, 0) is 47.9 Å². The van der Waals surface area contributed by atoms with Gasteiger partial charge in [-0.25, -0.2) is 0 Å². The highest BCUT2D eigenvalue weighted by Gasteiger charge is 2.01. The van der Waals surface area contributed by atoms with Gasteiger partial charge in [-0.1, -0.05) is 22.7 Å². The Bertz CT molecular complexity index is 606. The third-order valence-electron chi connectivity index (χ3n) is 2.49. The van der Waals surface area contributed by atoms with Crippen molar-refractivity contribution < 1.29 is 4.74 Å². The van der Waals surface area contributed by atoms with E-state index in [1.807, 2.05) is 60.0 Å². The molecule has 2 aromatic carbocycles. The smallest absolute Gasteiger partial charge is 0.127 e. The van der Waals surface area contributed by atoms with Crippen molar-refractivity contribution in [1.29, 1.82) is 0 Å². The molecule has 3 rings (SSSR count). The Hall–Kier alpha value is -2.20. The average Bonchev–Trinajstić information content (AvgIpc) is 2.95. The highest BCUT2D eigenvalue weighted by molar-refractivity contribution is 7.03. The van der Waals surface area contributed by atoms with E-state index in [1.165, 1.54) is 11.5 Å². The lowest BCUT2D eigenvalue weighted by Gasteiger charge is -2.05. The first-order valence-electron chi connectivity index (χ1n) is 5.52. The molecule has 0 saturated carbocycles. The van der Waals surface area contributed by atoms with Crippen molar-refractivity contribution >= 4 is 11.5 Å². The van der Waals surface area contributed by atoms with E-state index in [2.05, 4.69) is 9.59 Å². The molecule has 3 aromatic rings. The minimum Gasteiger partial charge on any atom is -0.457 e. The maximum Gasteiger partial charge on any atom is 0.127 e. The molecule has 0 amide bonds. The molecule has 18 heavy (non-hydrogen) atoms. The van der Waals surface area contributed by atoms with Crippen LogP contribution in [-0.4, -0.2) is 9.59 Å². The number of hydrogen-bond acceptors (Lipinski definition) is 4. The summed E-state index contributed by atoms with van der Waals surface area (Å²) < 4.78 is 9.57. The highest BCUT2D eigenvalue weighted by atomic mass is 32.1. The summed E-state index contributed by atoms with van der Waals surface area (Å²) in [7, 11) is 0. The van der Waals surface area contributed by atoms with Gasteiger partial charge in [0.2, 0.25) is 0 Å². The third kappa shape index (κ3) is 2.38. The largest absolute Gasteiger partial charge is 0.457 e. The fourth-order valence-corrected chi connectivity index (χ4v) is 2.07. The summed E-state index contributed by atoms with van der Waals surface area (Å²) in [5.41, 5.74) is 1.94. The Balaban J connectivity index is 1.80. The van der Waals surface area contributed by atoms with Crippen LogP contribution in [0.1, 0.15) is 0 Å². The van der Waals surface area contributed by atoms with Crippen molar-refractivity contribution in [2.75, 3.05) is 0 Å². The van der Waals surface area contributed by atoms with E-state index in [1.54, 1.807) is 0 Å². The lowest BCUT2D eigenvalue weighted by atomic mass is 10.2. The van der Waals surface area contributed by atoms with E-state index >= 15 is 0 Å². The second kappa shape index (κ2) is 4.98. The first kappa shape index (κ1) is 10.9. The molecule has 3 nitrogen and oxygen atoms in total. The molecule has 0 atom stereocenters. The Morgan fingerprint density at radius 1 is 0.833 bits per heavy atom. The molecule has 0 spiro atoms. The average molecular weight is 254 g/mol. The van der Waals surface area contributed by atoms with Crippen LogP contribution in [0, 0.1) is 0 Å². The summed E-state index contributed by atoms with van der Waals surface area (Å²) in [6.07, 6.45) is 0. The summed E-state index contributed by atoms with van der Waals surface area (Å²) in [4.78, 5) is 0. The second-order valence-electron chi connectivity index (χ2n) is 3.73. The second-order valence-corrected chi connectivity index (χ2v) is 4.34. The number of ether oxygens (including phenoxy) is 1. The molecule has 0 N–H and O–H groups in total. The number of benzene rings is 2. The van der Waals surface area contributed by atoms with E-state index < -0.39 is 0 Å². The Labute approximate surface area is 109 Å². The van der Waals surface area contributed by atoms with Gasteiger partial charge < -0.3 is 4.74 Å². The number of para-hydroxylation sites is 1. The van der Waals surface area contributed by atoms with Gasteiger partial charge >= 0.3 is 0 Å². The highest BCUT2D eigenvalue weighted by Crippen LogP contribution is 2.24. The number of rotatable bonds is 3. The zero-order valence-electron chi connectivity index (χ0n) is 9.48. The minimum atomic E-state index is 0.813. The molecule has 0 aliphatic carbocycles. The summed E-state index contributed by atoms with van der Waals surface area (Å²) >= 11 is 1.35.